The number of aliphatic hydroxyl groups is 1. The molecule has 0 bridgehead atoms. The summed E-state index contributed by atoms with van der Waals surface area (Å²) in [5, 5.41) is 11.1. The SMILES string of the molecule is OC(c1cc(Cl)c(Br)s1)c1cc2c(s1)CCCC2. The third kappa shape index (κ3) is 2.41. The Morgan fingerprint density at radius 3 is 2.56 bits per heavy atom. The predicted molar refractivity (Wildman–Crippen MR) is 82.1 cm³/mol. The molecule has 0 fully saturated rings. The highest BCUT2D eigenvalue weighted by molar-refractivity contribution is 9.11. The molecule has 2 aromatic rings. The highest BCUT2D eigenvalue weighted by Gasteiger charge is 2.20. The lowest BCUT2D eigenvalue weighted by molar-refractivity contribution is 0.228. The molecule has 1 aliphatic carbocycles. The lowest BCUT2D eigenvalue weighted by atomic mass is 9.99. The first-order chi connectivity index (χ1) is 8.65. The fraction of sp³-hybridized carbons (Fsp3) is 0.385. The van der Waals surface area contributed by atoms with Gasteiger partial charge in [-0.15, -0.1) is 22.7 Å². The molecule has 1 atom stereocenters. The molecule has 0 amide bonds. The van der Waals surface area contributed by atoms with Gasteiger partial charge in [0.25, 0.3) is 0 Å². The van der Waals surface area contributed by atoms with Crippen LogP contribution in [0, 0.1) is 0 Å². The molecule has 0 aliphatic heterocycles. The number of fused-ring (bicyclic) bond motifs is 1. The highest BCUT2D eigenvalue weighted by atomic mass is 79.9. The summed E-state index contributed by atoms with van der Waals surface area (Å²) in [4.78, 5) is 3.41. The van der Waals surface area contributed by atoms with Gasteiger partial charge in [-0.05, 0) is 59.3 Å². The van der Waals surface area contributed by atoms with E-state index < -0.39 is 6.10 Å². The molecule has 1 unspecified atom stereocenters. The van der Waals surface area contributed by atoms with E-state index in [0.717, 1.165) is 20.0 Å². The van der Waals surface area contributed by atoms with E-state index in [1.807, 2.05) is 6.07 Å². The van der Waals surface area contributed by atoms with Gasteiger partial charge in [-0.2, -0.15) is 0 Å². The van der Waals surface area contributed by atoms with Crippen molar-refractivity contribution < 1.29 is 5.11 Å². The minimum absolute atomic E-state index is 0.533. The smallest absolute Gasteiger partial charge is 0.122 e. The second-order valence-corrected chi connectivity index (χ2v) is 8.45. The van der Waals surface area contributed by atoms with Crippen LogP contribution in [0.4, 0.5) is 0 Å². The van der Waals surface area contributed by atoms with Gasteiger partial charge in [-0.1, -0.05) is 11.6 Å². The number of aryl methyl sites for hydroxylation is 2. The number of aliphatic hydroxyl groups excluding tert-OH is 1. The predicted octanol–water partition coefficient (Wildman–Crippen LogP) is 5.19. The normalized spacial score (nSPS) is 16.6. The topological polar surface area (TPSA) is 20.2 Å². The molecule has 96 valence electrons. The fourth-order valence-electron chi connectivity index (χ4n) is 2.29. The maximum Gasteiger partial charge on any atom is 0.122 e. The van der Waals surface area contributed by atoms with Gasteiger partial charge in [0.05, 0.1) is 8.81 Å². The third-order valence-corrected chi connectivity index (χ3v) is 7.04. The van der Waals surface area contributed by atoms with Crippen LogP contribution in [-0.4, -0.2) is 5.11 Å². The summed E-state index contributed by atoms with van der Waals surface area (Å²) in [5.41, 5.74) is 1.43. The number of hydrogen-bond donors (Lipinski definition) is 1. The Balaban J connectivity index is 1.92. The number of halogens is 2. The zero-order valence-electron chi connectivity index (χ0n) is 9.58. The van der Waals surface area contributed by atoms with Gasteiger partial charge in [0.15, 0.2) is 0 Å². The van der Waals surface area contributed by atoms with Crippen LogP contribution in [0.1, 0.15) is 39.1 Å². The Morgan fingerprint density at radius 2 is 1.89 bits per heavy atom. The molecule has 2 aromatic heterocycles. The van der Waals surface area contributed by atoms with Crippen LogP contribution in [0.3, 0.4) is 0 Å². The van der Waals surface area contributed by atoms with Crippen molar-refractivity contribution in [2.75, 3.05) is 0 Å². The summed E-state index contributed by atoms with van der Waals surface area (Å²) in [6.45, 7) is 0. The summed E-state index contributed by atoms with van der Waals surface area (Å²) >= 11 is 12.7. The van der Waals surface area contributed by atoms with Crippen LogP contribution in [0.2, 0.25) is 5.02 Å². The van der Waals surface area contributed by atoms with Gasteiger partial charge >= 0.3 is 0 Å². The average molecular weight is 364 g/mol. The van der Waals surface area contributed by atoms with Crippen molar-refractivity contribution in [2.45, 2.75) is 31.8 Å². The van der Waals surface area contributed by atoms with E-state index in [9.17, 15) is 5.11 Å². The minimum Gasteiger partial charge on any atom is -0.382 e. The van der Waals surface area contributed by atoms with Crippen LogP contribution >= 0.6 is 50.2 Å². The number of thiophene rings is 2. The summed E-state index contributed by atoms with van der Waals surface area (Å²) in [6, 6.07) is 4.02. The third-order valence-electron chi connectivity index (χ3n) is 3.22. The van der Waals surface area contributed by atoms with Crippen molar-refractivity contribution >= 4 is 50.2 Å². The molecule has 0 saturated heterocycles. The van der Waals surface area contributed by atoms with Crippen molar-refractivity contribution in [3.05, 3.63) is 41.1 Å². The van der Waals surface area contributed by atoms with Crippen LogP contribution in [-0.2, 0) is 12.8 Å². The van der Waals surface area contributed by atoms with Gasteiger partial charge in [-0.25, -0.2) is 0 Å². The van der Waals surface area contributed by atoms with Gasteiger partial charge in [0.1, 0.15) is 6.10 Å². The van der Waals surface area contributed by atoms with E-state index in [4.69, 9.17) is 11.6 Å². The van der Waals surface area contributed by atoms with Gasteiger partial charge in [-0.3, -0.25) is 0 Å². The molecule has 2 heterocycles. The van der Waals surface area contributed by atoms with Crippen molar-refractivity contribution in [1.82, 2.24) is 0 Å². The molecular formula is C13H12BrClOS2. The van der Waals surface area contributed by atoms with Crippen LogP contribution in [0.15, 0.2) is 15.9 Å². The van der Waals surface area contributed by atoms with Crippen molar-refractivity contribution in [2.24, 2.45) is 0 Å². The van der Waals surface area contributed by atoms with E-state index in [-0.39, 0.29) is 0 Å². The molecular weight excluding hydrogens is 352 g/mol. The number of hydrogen-bond acceptors (Lipinski definition) is 3. The van der Waals surface area contributed by atoms with E-state index in [0.29, 0.717) is 5.02 Å². The van der Waals surface area contributed by atoms with Gasteiger partial charge in [0, 0.05) is 14.6 Å². The fourth-order valence-corrected chi connectivity index (χ4v) is 5.38. The molecule has 5 heteroatoms. The van der Waals surface area contributed by atoms with Crippen LogP contribution < -0.4 is 0 Å². The van der Waals surface area contributed by atoms with Gasteiger partial charge < -0.3 is 5.11 Å². The second-order valence-electron chi connectivity index (χ2n) is 4.48. The Hall–Kier alpha value is 0.130. The largest absolute Gasteiger partial charge is 0.382 e. The maximum atomic E-state index is 10.4. The summed E-state index contributed by atoms with van der Waals surface area (Å²) in [6.07, 6.45) is 4.35. The van der Waals surface area contributed by atoms with E-state index in [1.54, 1.807) is 11.3 Å². The monoisotopic (exact) mass is 362 g/mol. The lowest BCUT2D eigenvalue weighted by Crippen LogP contribution is -1.96. The zero-order valence-corrected chi connectivity index (χ0v) is 13.6. The molecule has 3 rings (SSSR count). The molecule has 1 aliphatic rings. The molecule has 0 radical (unpaired) electrons. The Morgan fingerprint density at radius 1 is 1.17 bits per heavy atom. The molecule has 0 saturated carbocycles. The first-order valence-electron chi connectivity index (χ1n) is 5.89. The molecule has 0 spiro atoms. The van der Waals surface area contributed by atoms with Crippen molar-refractivity contribution in [3.63, 3.8) is 0 Å². The van der Waals surface area contributed by atoms with E-state index in [2.05, 4.69) is 22.0 Å². The summed E-state index contributed by atoms with van der Waals surface area (Å²) in [5.74, 6) is 0. The first kappa shape index (κ1) is 13.1. The standard InChI is InChI=1S/C13H12BrClOS2/c14-13-8(15)6-11(18-13)12(16)10-5-7-3-1-2-4-9(7)17-10/h5-6,12,16H,1-4H2. The highest BCUT2D eigenvalue weighted by Crippen LogP contribution is 2.40. The minimum atomic E-state index is -0.533. The average Bonchev–Trinajstić information content (AvgIpc) is 2.93. The second kappa shape index (κ2) is 5.25. The number of rotatable bonds is 2. The Bertz CT molecular complexity index is 533. The molecule has 1 N–H and O–H groups in total. The van der Waals surface area contributed by atoms with Gasteiger partial charge in [0.2, 0.25) is 0 Å². The quantitative estimate of drug-likeness (QED) is 0.779. The maximum absolute atomic E-state index is 10.4. The van der Waals surface area contributed by atoms with Crippen molar-refractivity contribution in [3.8, 4) is 0 Å². The first-order valence-corrected chi connectivity index (χ1v) is 8.70. The van der Waals surface area contributed by atoms with Crippen LogP contribution in [0.25, 0.3) is 0 Å². The lowest BCUT2D eigenvalue weighted by Gasteiger charge is -2.08. The molecule has 0 aromatic carbocycles. The van der Waals surface area contributed by atoms with E-state index >= 15 is 0 Å². The molecule has 18 heavy (non-hydrogen) atoms. The Labute approximate surface area is 128 Å². The van der Waals surface area contributed by atoms with E-state index in [1.165, 1.54) is 41.0 Å². The summed E-state index contributed by atoms with van der Waals surface area (Å²) in [7, 11) is 0. The summed E-state index contributed by atoms with van der Waals surface area (Å²) < 4.78 is 0.888. The molecule has 1 nitrogen and oxygen atoms in total. The zero-order chi connectivity index (χ0) is 12.7. The van der Waals surface area contributed by atoms with Crippen molar-refractivity contribution in [1.29, 1.82) is 0 Å². The Kier molecular flexibility index (Phi) is 3.83. The van der Waals surface area contributed by atoms with Crippen LogP contribution in [0.5, 0.6) is 0 Å².